The minimum absolute atomic E-state index is 0.0293. The molecule has 0 spiro atoms. The summed E-state index contributed by atoms with van der Waals surface area (Å²) in [5.74, 6) is -0.233. The van der Waals surface area contributed by atoms with E-state index >= 15 is 0 Å². The van der Waals surface area contributed by atoms with Crippen LogP contribution in [-0.2, 0) is 4.74 Å². The topological polar surface area (TPSA) is 58.6 Å². The zero-order chi connectivity index (χ0) is 23.2. The molecule has 0 saturated carbocycles. The second-order valence-electron chi connectivity index (χ2n) is 8.66. The van der Waals surface area contributed by atoms with E-state index in [-0.39, 0.29) is 11.7 Å². The van der Waals surface area contributed by atoms with Gasteiger partial charge in [0.1, 0.15) is 5.75 Å². The van der Waals surface area contributed by atoms with Gasteiger partial charge in [0.15, 0.2) is 0 Å². The first-order valence-electron chi connectivity index (χ1n) is 12.3. The van der Waals surface area contributed by atoms with E-state index in [1.54, 1.807) is 6.07 Å². The Morgan fingerprint density at radius 3 is 2.28 bits per heavy atom. The summed E-state index contributed by atoms with van der Waals surface area (Å²) in [6.07, 6.45) is 14.0. The fraction of sp³-hybridized carbons (Fsp3) is 0.593. The summed E-state index contributed by atoms with van der Waals surface area (Å²) in [4.78, 5) is 12.5. The van der Waals surface area contributed by atoms with Crippen LogP contribution in [-0.4, -0.2) is 30.8 Å². The van der Waals surface area contributed by atoms with Crippen molar-refractivity contribution in [3.05, 3.63) is 39.9 Å². The third-order valence-electron chi connectivity index (χ3n) is 5.93. The Kier molecular flexibility index (Phi) is 12.7. The molecule has 0 atom stereocenters. The Morgan fingerprint density at radius 2 is 1.59 bits per heavy atom. The number of halogens is 1. The predicted molar refractivity (Wildman–Crippen MR) is 138 cm³/mol. The average molecular weight is 507 g/mol. The minimum atomic E-state index is -0.263. The molecule has 0 bridgehead atoms. The fourth-order valence-electron chi connectivity index (χ4n) is 4.03. The number of phenols is 1. The zero-order valence-corrected chi connectivity index (χ0v) is 21.4. The van der Waals surface area contributed by atoms with Gasteiger partial charge in [0, 0.05) is 35.0 Å². The lowest BCUT2D eigenvalue weighted by Gasteiger charge is -2.12. The highest BCUT2D eigenvalue weighted by Crippen LogP contribution is 2.36. The summed E-state index contributed by atoms with van der Waals surface area (Å²) in [5, 5.41) is 15.1. The number of ether oxygens (including phenoxy) is 1. The Labute approximate surface area is 202 Å². The first kappa shape index (κ1) is 26.7. The molecule has 0 radical (unpaired) electrons. The molecular formula is C27H40BrNO3. The first-order chi connectivity index (χ1) is 15.6. The van der Waals surface area contributed by atoms with Crippen molar-refractivity contribution < 1.29 is 14.6 Å². The summed E-state index contributed by atoms with van der Waals surface area (Å²) in [7, 11) is 0. The summed E-state index contributed by atoms with van der Waals surface area (Å²) in [6, 6.07) is 7.40. The standard InChI is InChI=1S/C27H40BrNO3/c1-3-4-5-6-7-8-9-10-11-12-18-32-19-14-17-29-27(31)23-20-24(28)25-21(2)15-13-16-22(25)26(23)30/h13,15-16,20,30H,3-12,14,17-19H2,1-2H3,(H,29,31). The highest BCUT2D eigenvalue weighted by molar-refractivity contribution is 9.10. The van der Waals surface area contributed by atoms with E-state index in [1.165, 1.54) is 57.8 Å². The van der Waals surface area contributed by atoms with Crippen LogP contribution < -0.4 is 5.32 Å². The molecule has 178 valence electrons. The Balaban J connectivity index is 1.56. The molecule has 0 aliphatic heterocycles. The number of hydrogen-bond acceptors (Lipinski definition) is 3. The Bertz CT molecular complexity index is 837. The zero-order valence-electron chi connectivity index (χ0n) is 19.9. The number of benzene rings is 2. The van der Waals surface area contributed by atoms with Crippen LogP contribution in [0.4, 0.5) is 0 Å². The fourth-order valence-corrected chi connectivity index (χ4v) is 4.79. The number of amides is 1. The van der Waals surface area contributed by atoms with E-state index in [0.717, 1.165) is 34.9 Å². The van der Waals surface area contributed by atoms with Crippen molar-refractivity contribution in [1.29, 1.82) is 0 Å². The van der Waals surface area contributed by atoms with Crippen molar-refractivity contribution in [3.63, 3.8) is 0 Å². The molecule has 2 aromatic rings. The van der Waals surface area contributed by atoms with Gasteiger partial charge >= 0.3 is 0 Å². The van der Waals surface area contributed by atoms with Crippen molar-refractivity contribution >= 4 is 32.6 Å². The van der Waals surface area contributed by atoms with Gasteiger partial charge in [0.25, 0.3) is 5.91 Å². The molecule has 4 nitrogen and oxygen atoms in total. The number of rotatable bonds is 16. The van der Waals surface area contributed by atoms with Crippen molar-refractivity contribution in [2.45, 2.75) is 84.5 Å². The van der Waals surface area contributed by atoms with E-state index < -0.39 is 0 Å². The lowest BCUT2D eigenvalue weighted by atomic mass is 10.0. The number of phenolic OH excluding ortho intramolecular Hbond substituents is 1. The molecule has 0 aliphatic rings. The number of aryl methyl sites for hydroxylation is 1. The first-order valence-corrected chi connectivity index (χ1v) is 13.1. The number of carbonyl (C=O) groups excluding carboxylic acids is 1. The third-order valence-corrected chi connectivity index (χ3v) is 6.56. The summed E-state index contributed by atoms with van der Waals surface area (Å²) in [6.45, 7) is 6.21. The quantitative estimate of drug-likeness (QED) is 0.230. The van der Waals surface area contributed by atoms with Crippen molar-refractivity contribution in [2.75, 3.05) is 19.8 Å². The van der Waals surface area contributed by atoms with Gasteiger partial charge in [-0.25, -0.2) is 0 Å². The van der Waals surface area contributed by atoms with Crippen LogP contribution in [0.25, 0.3) is 10.8 Å². The molecule has 2 aromatic carbocycles. The summed E-state index contributed by atoms with van der Waals surface area (Å²) >= 11 is 3.54. The van der Waals surface area contributed by atoms with Gasteiger partial charge in [-0.1, -0.05) is 98.8 Å². The largest absolute Gasteiger partial charge is 0.506 e. The minimum Gasteiger partial charge on any atom is -0.506 e. The van der Waals surface area contributed by atoms with E-state index in [4.69, 9.17) is 4.74 Å². The number of unbranched alkanes of at least 4 members (excludes halogenated alkanes) is 9. The van der Waals surface area contributed by atoms with Crippen molar-refractivity contribution in [2.24, 2.45) is 0 Å². The number of fused-ring (bicyclic) bond motifs is 1. The Hall–Kier alpha value is -1.59. The SMILES string of the molecule is CCCCCCCCCCCCOCCCNC(=O)c1cc(Br)c2c(C)cccc2c1O. The van der Waals surface area contributed by atoms with Crippen molar-refractivity contribution in [1.82, 2.24) is 5.32 Å². The maximum Gasteiger partial charge on any atom is 0.255 e. The maximum absolute atomic E-state index is 12.5. The molecule has 0 heterocycles. The van der Waals surface area contributed by atoms with Gasteiger partial charge < -0.3 is 15.2 Å². The van der Waals surface area contributed by atoms with Gasteiger partial charge in [-0.05, 0) is 31.4 Å². The lowest BCUT2D eigenvalue weighted by molar-refractivity contribution is 0.0937. The highest BCUT2D eigenvalue weighted by atomic mass is 79.9. The van der Waals surface area contributed by atoms with Gasteiger partial charge in [-0.2, -0.15) is 0 Å². The van der Waals surface area contributed by atoms with Gasteiger partial charge in [-0.3, -0.25) is 4.79 Å². The van der Waals surface area contributed by atoms with Crippen LogP contribution >= 0.6 is 15.9 Å². The molecule has 1 amide bonds. The smallest absolute Gasteiger partial charge is 0.255 e. The van der Waals surface area contributed by atoms with Crippen LogP contribution in [0, 0.1) is 6.92 Å². The molecule has 0 unspecified atom stereocenters. The van der Waals surface area contributed by atoms with Crippen LogP contribution in [0.5, 0.6) is 5.75 Å². The lowest BCUT2D eigenvalue weighted by Crippen LogP contribution is -2.25. The molecule has 0 saturated heterocycles. The predicted octanol–water partition coefficient (Wildman–Crippen LogP) is 7.67. The summed E-state index contributed by atoms with van der Waals surface area (Å²) in [5.41, 5.74) is 1.34. The van der Waals surface area contributed by atoms with Crippen LogP contribution in [0.2, 0.25) is 0 Å². The average Bonchev–Trinajstić information content (AvgIpc) is 2.78. The van der Waals surface area contributed by atoms with Crippen LogP contribution in [0.15, 0.2) is 28.7 Å². The molecule has 0 aromatic heterocycles. The molecule has 0 aliphatic carbocycles. The molecule has 5 heteroatoms. The molecule has 32 heavy (non-hydrogen) atoms. The van der Waals surface area contributed by atoms with E-state index in [0.29, 0.717) is 24.1 Å². The maximum atomic E-state index is 12.5. The van der Waals surface area contributed by atoms with E-state index in [9.17, 15) is 9.90 Å². The van der Waals surface area contributed by atoms with Gasteiger partial charge in [0.2, 0.25) is 0 Å². The van der Waals surface area contributed by atoms with E-state index in [2.05, 4.69) is 28.2 Å². The normalized spacial score (nSPS) is 11.2. The second kappa shape index (κ2) is 15.3. The number of carbonyl (C=O) groups is 1. The highest BCUT2D eigenvalue weighted by Gasteiger charge is 2.17. The third kappa shape index (κ3) is 8.74. The van der Waals surface area contributed by atoms with Gasteiger partial charge in [0.05, 0.1) is 5.56 Å². The van der Waals surface area contributed by atoms with E-state index in [1.807, 2.05) is 25.1 Å². The number of nitrogens with one attached hydrogen (secondary N) is 1. The molecule has 2 rings (SSSR count). The Morgan fingerprint density at radius 1 is 0.969 bits per heavy atom. The monoisotopic (exact) mass is 505 g/mol. The van der Waals surface area contributed by atoms with Crippen molar-refractivity contribution in [3.8, 4) is 5.75 Å². The second-order valence-corrected chi connectivity index (χ2v) is 9.51. The number of aromatic hydroxyl groups is 1. The molecule has 2 N–H and O–H groups in total. The van der Waals surface area contributed by atoms with Gasteiger partial charge in [-0.15, -0.1) is 0 Å². The summed E-state index contributed by atoms with van der Waals surface area (Å²) < 4.78 is 6.51. The van der Waals surface area contributed by atoms with Crippen LogP contribution in [0.1, 0.15) is 93.5 Å². The number of hydrogen-bond donors (Lipinski definition) is 2. The van der Waals surface area contributed by atoms with Crippen LogP contribution in [0.3, 0.4) is 0 Å². The molecule has 0 fully saturated rings. The molecular weight excluding hydrogens is 466 g/mol.